The number of carbonyl (C=O) groups is 1. The normalized spacial score (nSPS) is 11.9. The van der Waals surface area contributed by atoms with E-state index in [2.05, 4.69) is 35.4 Å². The van der Waals surface area contributed by atoms with Crippen molar-refractivity contribution in [2.75, 3.05) is 33.9 Å². The minimum absolute atomic E-state index is 0.0609. The van der Waals surface area contributed by atoms with Crippen LogP contribution in [0.4, 0.5) is 0 Å². The van der Waals surface area contributed by atoms with Crippen molar-refractivity contribution in [3.63, 3.8) is 0 Å². The average molecular weight is 298 g/mol. The third-order valence-electron chi connectivity index (χ3n) is 3.12. The summed E-state index contributed by atoms with van der Waals surface area (Å²) >= 11 is 0. The highest BCUT2D eigenvalue weighted by molar-refractivity contribution is 5.69. The van der Waals surface area contributed by atoms with Gasteiger partial charge in [-0.25, -0.2) is 4.98 Å². The Morgan fingerprint density at radius 1 is 1.33 bits per heavy atom. The van der Waals surface area contributed by atoms with Crippen molar-refractivity contribution in [2.24, 2.45) is 0 Å². The maximum Gasteiger partial charge on any atom is 0.306 e. The highest BCUT2D eigenvalue weighted by Crippen LogP contribution is 2.23. The smallest absolute Gasteiger partial charge is 0.306 e. The lowest BCUT2D eigenvalue weighted by molar-refractivity contribution is -0.141. The average Bonchev–Trinajstić information content (AvgIpc) is 2.89. The number of methoxy groups -OCH3 is 2. The van der Waals surface area contributed by atoms with Gasteiger partial charge in [0.05, 0.1) is 32.9 Å². The molecule has 0 atom stereocenters. The fraction of sp³-hybridized carbons (Fsp3) is 0.733. The molecule has 0 spiro atoms. The molecule has 1 rings (SSSR count). The van der Waals surface area contributed by atoms with Gasteiger partial charge in [-0.2, -0.15) is 0 Å². The number of rotatable bonds is 8. The van der Waals surface area contributed by atoms with Crippen LogP contribution in [-0.2, 0) is 26.2 Å². The number of hydrogen-bond acceptors (Lipinski definition) is 6. The summed E-state index contributed by atoms with van der Waals surface area (Å²) in [5.41, 5.74) is -0.0609. The molecule has 0 aliphatic rings. The van der Waals surface area contributed by atoms with Gasteiger partial charge in [0.15, 0.2) is 0 Å². The molecule has 21 heavy (non-hydrogen) atoms. The molecule has 0 bridgehead atoms. The van der Waals surface area contributed by atoms with E-state index in [1.54, 1.807) is 13.3 Å². The van der Waals surface area contributed by atoms with E-state index in [1.807, 2.05) is 0 Å². The Bertz CT molecular complexity index is 437. The lowest BCUT2D eigenvalue weighted by Gasteiger charge is -2.19. The van der Waals surface area contributed by atoms with E-state index in [1.165, 1.54) is 7.11 Å². The Balaban J connectivity index is 2.62. The van der Waals surface area contributed by atoms with E-state index in [0.717, 1.165) is 5.76 Å². The molecule has 0 saturated heterocycles. The minimum Gasteiger partial charge on any atom is -0.469 e. The molecule has 6 nitrogen and oxygen atoms in total. The Morgan fingerprint density at radius 2 is 2.05 bits per heavy atom. The van der Waals surface area contributed by atoms with Crippen LogP contribution in [0.1, 0.15) is 38.8 Å². The third kappa shape index (κ3) is 6.27. The fourth-order valence-corrected chi connectivity index (χ4v) is 1.76. The van der Waals surface area contributed by atoms with Gasteiger partial charge in [-0.1, -0.05) is 20.8 Å². The molecule has 0 saturated carbocycles. The maximum absolute atomic E-state index is 11.3. The van der Waals surface area contributed by atoms with Crippen LogP contribution < -0.4 is 0 Å². The van der Waals surface area contributed by atoms with E-state index >= 15 is 0 Å². The van der Waals surface area contributed by atoms with Crippen molar-refractivity contribution in [1.82, 2.24) is 9.88 Å². The lowest BCUT2D eigenvalue weighted by Crippen LogP contribution is -2.29. The number of oxazole rings is 1. The highest BCUT2D eigenvalue weighted by Gasteiger charge is 2.20. The second-order valence-corrected chi connectivity index (χ2v) is 5.96. The van der Waals surface area contributed by atoms with Crippen molar-refractivity contribution in [2.45, 2.75) is 39.2 Å². The topological polar surface area (TPSA) is 64.8 Å². The highest BCUT2D eigenvalue weighted by atomic mass is 16.5. The van der Waals surface area contributed by atoms with Gasteiger partial charge < -0.3 is 13.9 Å². The van der Waals surface area contributed by atoms with E-state index in [9.17, 15) is 4.79 Å². The van der Waals surface area contributed by atoms with Gasteiger partial charge in [-0.15, -0.1) is 0 Å². The van der Waals surface area contributed by atoms with E-state index in [0.29, 0.717) is 38.6 Å². The van der Waals surface area contributed by atoms with Gasteiger partial charge in [0.1, 0.15) is 5.76 Å². The Hall–Kier alpha value is -1.40. The number of aromatic nitrogens is 1. The number of nitrogens with zero attached hydrogens (tertiary/aromatic N) is 2. The van der Waals surface area contributed by atoms with Gasteiger partial charge in [0, 0.05) is 25.6 Å². The molecular weight excluding hydrogens is 272 g/mol. The van der Waals surface area contributed by atoms with Crippen LogP contribution in [0.2, 0.25) is 0 Å². The van der Waals surface area contributed by atoms with Crippen LogP contribution in [0, 0.1) is 0 Å². The summed E-state index contributed by atoms with van der Waals surface area (Å²) in [5.74, 6) is 1.29. The molecule has 0 amide bonds. The zero-order valence-corrected chi connectivity index (χ0v) is 13.6. The van der Waals surface area contributed by atoms with Crippen LogP contribution in [-0.4, -0.2) is 49.8 Å². The molecule has 120 valence electrons. The van der Waals surface area contributed by atoms with Gasteiger partial charge in [0.2, 0.25) is 5.89 Å². The van der Waals surface area contributed by atoms with Gasteiger partial charge in [-0.05, 0) is 0 Å². The fourth-order valence-electron chi connectivity index (χ4n) is 1.76. The van der Waals surface area contributed by atoms with Crippen LogP contribution in [0.15, 0.2) is 10.6 Å². The first kappa shape index (κ1) is 17.7. The van der Waals surface area contributed by atoms with Crippen LogP contribution >= 0.6 is 0 Å². The van der Waals surface area contributed by atoms with Gasteiger partial charge in [-0.3, -0.25) is 9.69 Å². The predicted molar refractivity (Wildman–Crippen MR) is 79.0 cm³/mol. The summed E-state index contributed by atoms with van der Waals surface area (Å²) in [4.78, 5) is 17.6. The van der Waals surface area contributed by atoms with E-state index in [4.69, 9.17) is 9.15 Å². The molecular formula is C15H26N2O4. The minimum atomic E-state index is -0.222. The van der Waals surface area contributed by atoms with Gasteiger partial charge >= 0.3 is 5.97 Å². The van der Waals surface area contributed by atoms with Crippen molar-refractivity contribution >= 4 is 5.97 Å². The molecule has 1 aromatic rings. The summed E-state index contributed by atoms with van der Waals surface area (Å²) in [5, 5.41) is 0. The van der Waals surface area contributed by atoms with Crippen LogP contribution in [0.3, 0.4) is 0 Å². The number of carbonyl (C=O) groups excluding carboxylic acids is 1. The summed E-state index contributed by atoms with van der Waals surface area (Å²) in [6.07, 6.45) is 2.11. The number of hydrogen-bond donors (Lipinski definition) is 0. The summed E-state index contributed by atoms with van der Waals surface area (Å²) in [6.45, 7) is 8.68. The number of ether oxygens (including phenoxy) is 2. The molecule has 0 aromatic carbocycles. The largest absolute Gasteiger partial charge is 0.469 e. The van der Waals surface area contributed by atoms with Crippen LogP contribution in [0.5, 0.6) is 0 Å². The zero-order valence-electron chi connectivity index (χ0n) is 13.6. The second-order valence-electron chi connectivity index (χ2n) is 5.96. The molecule has 0 aliphatic heterocycles. The maximum atomic E-state index is 11.3. The molecule has 1 heterocycles. The quantitative estimate of drug-likeness (QED) is 0.684. The van der Waals surface area contributed by atoms with Crippen molar-refractivity contribution in [1.29, 1.82) is 0 Å². The van der Waals surface area contributed by atoms with Gasteiger partial charge in [0.25, 0.3) is 0 Å². The Kier molecular flexibility index (Phi) is 6.84. The molecule has 0 fully saturated rings. The predicted octanol–water partition coefficient (Wildman–Crippen LogP) is 1.98. The van der Waals surface area contributed by atoms with Crippen molar-refractivity contribution in [3.05, 3.63) is 17.8 Å². The molecule has 0 unspecified atom stereocenters. The van der Waals surface area contributed by atoms with Crippen molar-refractivity contribution < 1.29 is 18.7 Å². The lowest BCUT2D eigenvalue weighted by atomic mass is 9.94. The summed E-state index contributed by atoms with van der Waals surface area (Å²) in [6, 6.07) is 0. The van der Waals surface area contributed by atoms with E-state index in [-0.39, 0.29) is 11.4 Å². The summed E-state index contributed by atoms with van der Waals surface area (Å²) in [7, 11) is 3.05. The molecule has 1 aromatic heterocycles. The monoisotopic (exact) mass is 298 g/mol. The second kappa shape index (κ2) is 8.14. The molecule has 0 N–H and O–H groups in total. The summed E-state index contributed by atoms with van der Waals surface area (Å²) < 4.78 is 15.5. The van der Waals surface area contributed by atoms with Crippen LogP contribution in [0.25, 0.3) is 0 Å². The third-order valence-corrected chi connectivity index (χ3v) is 3.12. The van der Waals surface area contributed by atoms with E-state index < -0.39 is 0 Å². The first-order valence-corrected chi connectivity index (χ1v) is 7.10. The number of esters is 1. The molecule has 0 radical (unpaired) electrons. The van der Waals surface area contributed by atoms with Crippen molar-refractivity contribution in [3.8, 4) is 0 Å². The Morgan fingerprint density at radius 3 is 2.57 bits per heavy atom. The zero-order chi connectivity index (χ0) is 15.9. The first-order chi connectivity index (χ1) is 9.86. The Labute approximate surface area is 126 Å². The first-order valence-electron chi connectivity index (χ1n) is 7.10. The molecule has 0 aliphatic carbocycles. The molecule has 6 heteroatoms. The standard InChI is InChI=1S/C15H26N2O4/c1-15(2,3)12-10-16-13(21-12)11-17(8-9-19-4)7-6-14(18)20-5/h10H,6-9,11H2,1-5H3. The SMILES string of the molecule is COCCN(CCC(=O)OC)Cc1ncc(C(C)(C)C)o1.